The van der Waals surface area contributed by atoms with Crippen molar-refractivity contribution in [3.63, 3.8) is 0 Å². The molecule has 1 aromatic rings. The minimum absolute atomic E-state index is 0.318. The zero-order valence-electron chi connectivity index (χ0n) is 10.1. The van der Waals surface area contributed by atoms with Crippen LogP contribution < -0.4 is 4.74 Å². The summed E-state index contributed by atoms with van der Waals surface area (Å²) < 4.78 is 5.97. The number of hydrogen-bond donors (Lipinski definition) is 1. The van der Waals surface area contributed by atoms with Gasteiger partial charge in [0.25, 0.3) is 5.91 Å². The zero-order valence-corrected chi connectivity index (χ0v) is 12.5. The van der Waals surface area contributed by atoms with Crippen LogP contribution in [0.5, 0.6) is 5.75 Å². The number of hydrogen-bond acceptors (Lipinski definition) is 4. The van der Waals surface area contributed by atoms with E-state index >= 15 is 0 Å². The molecule has 5 nitrogen and oxygen atoms in total. The summed E-state index contributed by atoms with van der Waals surface area (Å²) in [4.78, 5) is 24.9. The molecule has 1 unspecified atom stereocenters. The van der Waals surface area contributed by atoms with Crippen molar-refractivity contribution in [1.82, 2.24) is 4.90 Å². The van der Waals surface area contributed by atoms with Gasteiger partial charge in [0.2, 0.25) is 0 Å². The fourth-order valence-corrected chi connectivity index (χ4v) is 3.33. The average Bonchev–Trinajstić information content (AvgIpc) is 2.87. The highest BCUT2D eigenvalue weighted by Gasteiger charge is 2.35. The minimum Gasteiger partial charge on any atom is -0.496 e. The van der Waals surface area contributed by atoms with Crippen molar-refractivity contribution >= 4 is 39.6 Å². The third-order valence-corrected chi connectivity index (χ3v) is 4.33. The lowest BCUT2D eigenvalue weighted by molar-refractivity contribution is -0.140. The molecule has 0 aliphatic carbocycles. The Morgan fingerprint density at radius 1 is 1.53 bits per heavy atom. The van der Waals surface area contributed by atoms with E-state index in [1.54, 1.807) is 18.2 Å². The van der Waals surface area contributed by atoms with E-state index in [1.807, 2.05) is 0 Å². The summed E-state index contributed by atoms with van der Waals surface area (Å²) in [7, 11) is 1.48. The highest BCUT2D eigenvalue weighted by atomic mass is 79.9. The highest BCUT2D eigenvalue weighted by molar-refractivity contribution is 9.10. The summed E-state index contributed by atoms with van der Waals surface area (Å²) in [6, 6.07) is 4.28. The van der Waals surface area contributed by atoms with Crippen LogP contribution in [-0.2, 0) is 4.79 Å². The first-order valence-electron chi connectivity index (χ1n) is 5.49. The summed E-state index contributed by atoms with van der Waals surface area (Å²) in [6.45, 7) is 0. The van der Waals surface area contributed by atoms with Crippen molar-refractivity contribution in [2.75, 3.05) is 18.7 Å². The second kappa shape index (κ2) is 5.83. The summed E-state index contributed by atoms with van der Waals surface area (Å²) in [5.41, 5.74) is 0.374. The fourth-order valence-electron chi connectivity index (χ4n) is 1.84. The number of nitrogens with zero attached hydrogens (tertiary/aromatic N) is 1. The van der Waals surface area contributed by atoms with Gasteiger partial charge in [-0.2, -0.15) is 0 Å². The third kappa shape index (κ3) is 2.87. The maximum Gasteiger partial charge on any atom is 0.327 e. The first-order chi connectivity index (χ1) is 9.04. The van der Waals surface area contributed by atoms with E-state index in [1.165, 1.54) is 23.8 Å². The molecule has 1 saturated heterocycles. The largest absolute Gasteiger partial charge is 0.496 e. The normalized spacial score (nSPS) is 18.4. The number of methoxy groups -OCH3 is 1. The van der Waals surface area contributed by atoms with Gasteiger partial charge in [0, 0.05) is 10.2 Å². The van der Waals surface area contributed by atoms with Crippen molar-refractivity contribution in [3.8, 4) is 5.75 Å². The standard InChI is InChI=1S/C12H12BrNO4S/c1-18-10-4-7(13)2-3-8(10)11(15)14-6-19-5-9(14)12(16)17/h2-4,9H,5-6H2,1H3,(H,16,17). The third-order valence-electron chi connectivity index (χ3n) is 2.82. The van der Waals surface area contributed by atoms with E-state index in [4.69, 9.17) is 9.84 Å². The molecule has 2 rings (SSSR count). The predicted molar refractivity (Wildman–Crippen MR) is 75.6 cm³/mol. The Labute approximate surface area is 123 Å². The van der Waals surface area contributed by atoms with Gasteiger partial charge in [-0.1, -0.05) is 15.9 Å². The molecule has 19 heavy (non-hydrogen) atoms. The number of carbonyl (C=O) groups is 2. The van der Waals surface area contributed by atoms with Crippen LogP contribution in [0.4, 0.5) is 0 Å². The number of benzene rings is 1. The van der Waals surface area contributed by atoms with Crippen molar-refractivity contribution in [1.29, 1.82) is 0 Å². The molecule has 0 saturated carbocycles. The molecule has 1 amide bonds. The highest BCUT2D eigenvalue weighted by Crippen LogP contribution is 2.29. The number of carboxylic acid groups (broad SMARTS) is 1. The summed E-state index contributed by atoms with van der Waals surface area (Å²) in [5, 5.41) is 9.10. The van der Waals surface area contributed by atoms with Crippen LogP contribution in [0.1, 0.15) is 10.4 Å². The van der Waals surface area contributed by atoms with E-state index in [0.717, 1.165) is 4.47 Å². The number of carboxylic acids is 1. The average molecular weight is 346 g/mol. The van der Waals surface area contributed by atoms with Gasteiger partial charge in [0.1, 0.15) is 11.8 Å². The summed E-state index contributed by atoms with van der Waals surface area (Å²) >= 11 is 4.73. The predicted octanol–water partition coefficient (Wildman–Crippen LogP) is 2.06. The van der Waals surface area contributed by atoms with E-state index in [-0.39, 0.29) is 5.91 Å². The first kappa shape index (κ1) is 14.2. The van der Waals surface area contributed by atoms with Gasteiger partial charge in [0.15, 0.2) is 0 Å². The smallest absolute Gasteiger partial charge is 0.327 e. The molecule has 1 aliphatic heterocycles. The molecule has 1 aliphatic rings. The Morgan fingerprint density at radius 2 is 2.26 bits per heavy atom. The Morgan fingerprint density at radius 3 is 2.89 bits per heavy atom. The molecule has 7 heteroatoms. The monoisotopic (exact) mass is 345 g/mol. The molecule has 1 aromatic carbocycles. The van der Waals surface area contributed by atoms with Crippen LogP contribution >= 0.6 is 27.7 Å². The van der Waals surface area contributed by atoms with Crippen LogP contribution in [0.3, 0.4) is 0 Å². The number of thioether (sulfide) groups is 1. The topological polar surface area (TPSA) is 66.8 Å². The van der Waals surface area contributed by atoms with Crippen LogP contribution in [0.2, 0.25) is 0 Å². The van der Waals surface area contributed by atoms with Crippen LogP contribution in [0.15, 0.2) is 22.7 Å². The molecule has 0 spiro atoms. The number of rotatable bonds is 3. The van der Waals surface area contributed by atoms with Gasteiger partial charge in [0.05, 0.1) is 18.6 Å². The number of halogens is 1. The summed E-state index contributed by atoms with van der Waals surface area (Å²) in [5.74, 6) is -0.0637. The Balaban J connectivity index is 2.31. The molecular formula is C12H12BrNO4S. The molecule has 1 heterocycles. The number of amides is 1. The van der Waals surface area contributed by atoms with E-state index in [0.29, 0.717) is 22.9 Å². The zero-order chi connectivity index (χ0) is 14.0. The van der Waals surface area contributed by atoms with E-state index in [9.17, 15) is 9.59 Å². The lowest BCUT2D eigenvalue weighted by Crippen LogP contribution is -2.41. The molecule has 0 radical (unpaired) electrons. The van der Waals surface area contributed by atoms with Gasteiger partial charge in [-0.3, -0.25) is 4.79 Å². The van der Waals surface area contributed by atoms with Crippen LogP contribution in [0.25, 0.3) is 0 Å². The fraction of sp³-hybridized carbons (Fsp3) is 0.333. The Hall–Kier alpha value is -1.21. The van der Waals surface area contributed by atoms with Gasteiger partial charge < -0.3 is 14.7 Å². The number of carbonyl (C=O) groups excluding carboxylic acids is 1. The Bertz CT molecular complexity index is 522. The Kier molecular flexibility index (Phi) is 4.36. The lowest BCUT2D eigenvalue weighted by Gasteiger charge is -2.21. The molecule has 1 atom stereocenters. The van der Waals surface area contributed by atoms with Crippen molar-refractivity contribution in [2.24, 2.45) is 0 Å². The van der Waals surface area contributed by atoms with E-state index in [2.05, 4.69) is 15.9 Å². The molecule has 0 aromatic heterocycles. The van der Waals surface area contributed by atoms with Gasteiger partial charge in [-0.05, 0) is 18.2 Å². The second-order valence-electron chi connectivity index (χ2n) is 3.97. The molecule has 0 bridgehead atoms. The number of aliphatic carboxylic acids is 1. The minimum atomic E-state index is -0.977. The second-order valence-corrected chi connectivity index (χ2v) is 5.89. The van der Waals surface area contributed by atoms with Gasteiger partial charge in [-0.25, -0.2) is 4.79 Å². The molecule has 1 fully saturated rings. The first-order valence-corrected chi connectivity index (χ1v) is 7.44. The molecule has 1 N–H and O–H groups in total. The van der Waals surface area contributed by atoms with Crippen LogP contribution in [-0.4, -0.2) is 46.7 Å². The SMILES string of the molecule is COc1cc(Br)ccc1C(=O)N1CSCC1C(=O)O. The van der Waals surface area contributed by atoms with Crippen molar-refractivity contribution in [2.45, 2.75) is 6.04 Å². The number of ether oxygens (including phenoxy) is 1. The van der Waals surface area contributed by atoms with E-state index < -0.39 is 12.0 Å². The lowest BCUT2D eigenvalue weighted by atomic mass is 10.1. The van der Waals surface area contributed by atoms with Crippen molar-refractivity contribution < 1.29 is 19.4 Å². The maximum atomic E-state index is 12.4. The van der Waals surface area contributed by atoms with Crippen LogP contribution in [0, 0.1) is 0 Å². The summed E-state index contributed by atoms with van der Waals surface area (Å²) in [6.07, 6.45) is 0. The van der Waals surface area contributed by atoms with Gasteiger partial charge in [-0.15, -0.1) is 11.8 Å². The molecular weight excluding hydrogens is 334 g/mol. The molecule has 102 valence electrons. The van der Waals surface area contributed by atoms with Gasteiger partial charge >= 0.3 is 5.97 Å². The quantitative estimate of drug-likeness (QED) is 0.908. The maximum absolute atomic E-state index is 12.4. The van der Waals surface area contributed by atoms with Crippen molar-refractivity contribution in [3.05, 3.63) is 28.2 Å².